The fraction of sp³-hybridized carbons (Fsp3) is 0.562. The Labute approximate surface area is 119 Å². The second-order valence-electron chi connectivity index (χ2n) is 5.89. The van der Waals surface area contributed by atoms with Crippen molar-refractivity contribution in [2.24, 2.45) is 0 Å². The lowest BCUT2D eigenvalue weighted by atomic mass is 9.81. The van der Waals surface area contributed by atoms with Crippen LogP contribution in [0.2, 0.25) is 0 Å². The average molecular weight is 274 g/mol. The number of hydrogen-bond donors (Lipinski definition) is 2. The van der Waals surface area contributed by atoms with Crippen LogP contribution in [-0.2, 0) is 16.1 Å². The molecule has 2 aliphatic rings. The second-order valence-corrected chi connectivity index (χ2v) is 5.89. The van der Waals surface area contributed by atoms with Gasteiger partial charge in [0.15, 0.2) is 0 Å². The average Bonchev–Trinajstić information content (AvgIpc) is 2.51. The van der Waals surface area contributed by atoms with Crippen LogP contribution >= 0.6 is 0 Å². The molecule has 0 bridgehead atoms. The molecule has 1 heterocycles. The zero-order valence-electron chi connectivity index (χ0n) is 11.7. The number of benzene rings is 1. The zero-order chi connectivity index (χ0) is 13.8. The number of rotatable bonds is 3. The number of carbonyl (C=O) groups excluding carboxylic acids is 1. The van der Waals surface area contributed by atoms with Gasteiger partial charge in [-0.1, -0.05) is 30.3 Å². The highest BCUT2D eigenvalue weighted by atomic mass is 16.5. The van der Waals surface area contributed by atoms with Crippen LogP contribution in [0.25, 0.3) is 0 Å². The summed E-state index contributed by atoms with van der Waals surface area (Å²) < 4.78 is 5.79. The highest BCUT2D eigenvalue weighted by Crippen LogP contribution is 2.32. The first-order valence-electron chi connectivity index (χ1n) is 7.44. The normalized spacial score (nSPS) is 30.2. The Kier molecular flexibility index (Phi) is 4.03. The van der Waals surface area contributed by atoms with E-state index in [1.54, 1.807) is 0 Å². The summed E-state index contributed by atoms with van der Waals surface area (Å²) in [6.07, 6.45) is 4.28. The van der Waals surface area contributed by atoms with Crippen molar-refractivity contribution in [1.82, 2.24) is 10.6 Å². The van der Waals surface area contributed by atoms with E-state index in [-0.39, 0.29) is 18.1 Å². The molecule has 108 valence electrons. The number of hydrogen-bond acceptors (Lipinski definition) is 3. The fourth-order valence-electron chi connectivity index (χ4n) is 3.11. The van der Waals surface area contributed by atoms with Gasteiger partial charge in [-0.2, -0.15) is 0 Å². The minimum Gasteiger partial charge on any atom is -0.363 e. The Morgan fingerprint density at radius 2 is 2.00 bits per heavy atom. The van der Waals surface area contributed by atoms with Crippen molar-refractivity contribution in [3.63, 3.8) is 0 Å². The van der Waals surface area contributed by atoms with Crippen LogP contribution in [0.5, 0.6) is 0 Å². The summed E-state index contributed by atoms with van der Waals surface area (Å²) in [4.78, 5) is 11.2. The first kappa shape index (κ1) is 13.6. The molecule has 4 heteroatoms. The number of morpholine rings is 1. The van der Waals surface area contributed by atoms with Gasteiger partial charge in [0.25, 0.3) is 0 Å². The van der Waals surface area contributed by atoms with Gasteiger partial charge in [-0.15, -0.1) is 0 Å². The Morgan fingerprint density at radius 1 is 1.25 bits per heavy atom. The van der Waals surface area contributed by atoms with Crippen molar-refractivity contribution in [2.45, 2.75) is 43.9 Å². The first-order chi connectivity index (χ1) is 9.76. The second kappa shape index (κ2) is 5.94. The van der Waals surface area contributed by atoms with Gasteiger partial charge in [0.05, 0.1) is 5.60 Å². The number of ether oxygens (including phenoxy) is 1. The first-order valence-corrected chi connectivity index (χ1v) is 7.44. The van der Waals surface area contributed by atoms with Crippen molar-refractivity contribution >= 4 is 5.91 Å². The predicted molar refractivity (Wildman–Crippen MR) is 77.2 cm³/mol. The van der Waals surface area contributed by atoms with Gasteiger partial charge in [-0.05, 0) is 31.2 Å². The van der Waals surface area contributed by atoms with E-state index in [0.717, 1.165) is 32.2 Å². The van der Waals surface area contributed by atoms with E-state index in [1.807, 2.05) is 6.07 Å². The molecule has 1 spiro atoms. The molecule has 1 aliphatic heterocycles. The molecule has 1 aliphatic carbocycles. The molecule has 2 fully saturated rings. The van der Waals surface area contributed by atoms with Gasteiger partial charge in [0.1, 0.15) is 6.61 Å². The van der Waals surface area contributed by atoms with Crippen LogP contribution in [0.15, 0.2) is 30.3 Å². The van der Waals surface area contributed by atoms with Gasteiger partial charge in [0, 0.05) is 19.1 Å². The molecule has 20 heavy (non-hydrogen) atoms. The largest absolute Gasteiger partial charge is 0.363 e. The van der Waals surface area contributed by atoms with Crippen LogP contribution in [-0.4, -0.2) is 30.7 Å². The monoisotopic (exact) mass is 274 g/mol. The van der Waals surface area contributed by atoms with Crippen LogP contribution < -0.4 is 10.6 Å². The lowest BCUT2D eigenvalue weighted by molar-refractivity contribution is -0.148. The van der Waals surface area contributed by atoms with E-state index in [9.17, 15) is 4.79 Å². The number of carbonyl (C=O) groups is 1. The van der Waals surface area contributed by atoms with E-state index < -0.39 is 0 Å². The SMILES string of the molecule is O=C1COC2(CCC(NCc3ccccc3)CC2)CN1. The molecule has 0 unspecified atom stereocenters. The molecule has 3 rings (SSSR count). The van der Waals surface area contributed by atoms with Gasteiger partial charge in [-0.3, -0.25) is 4.79 Å². The van der Waals surface area contributed by atoms with E-state index in [1.165, 1.54) is 5.56 Å². The van der Waals surface area contributed by atoms with Gasteiger partial charge in [-0.25, -0.2) is 0 Å². The minimum atomic E-state index is -0.0984. The summed E-state index contributed by atoms with van der Waals surface area (Å²) in [5.41, 5.74) is 1.23. The third-order valence-corrected chi connectivity index (χ3v) is 4.45. The lowest BCUT2D eigenvalue weighted by Crippen LogP contribution is -2.55. The van der Waals surface area contributed by atoms with Crippen molar-refractivity contribution in [1.29, 1.82) is 0 Å². The van der Waals surface area contributed by atoms with E-state index in [2.05, 4.69) is 34.9 Å². The molecule has 1 aromatic carbocycles. The topological polar surface area (TPSA) is 50.4 Å². The van der Waals surface area contributed by atoms with Crippen LogP contribution in [0.1, 0.15) is 31.2 Å². The van der Waals surface area contributed by atoms with Gasteiger partial charge in [0.2, 0.25) is 5.91 Å². The summed E-state index contributed by atoms with van der Waals surface area (Å²) in [5, 5.41) is 6.56. The lowest BCUT2D eigenvalue weighted by Gasteiger charge is -2.42. The molecule has 1 saturated carbocycles. The molecule has 1 saturated heterocycles. The highest BCUT2D eigenvalue weighted by molar-refractivity contribution is 5.78. The molecule has 1 amide bonds. The molecule has 4 nitrogen and oxygen atoms in total. The fourth-order valence-corrected chi connectivity index (χ4v) is 3.11. The molecular formula is C16H22N2O2. The van der Waals surface area contributed by atoms with Gasteiger partial charge < -0.3 is 15.4 Å². The van der Waals surface area contributed by atoms with Crippen LogP contribution in [0.3, 0.4) is 0 Å². The summed E-state index contributed by atoms with van der Waals surface area (Å²) in [5.74, 6) is 0.0138. The predicted octanol–water partition coefficient (Wildman–Crippen LogP) is 1.60. The highest BCUT2D eigenvalue weighted by Gasteiger charge is 2.39. The summed E-state index contributed by atoms with van der Waals surface area (Å²) in [6.45, 7) is 1.83. The maximum Gasteiger partial charge on any atom is 0.246 e. The molecular weight excluding hydrogens is 252 g/mol. The molecule has 0 atom stereocenters. The number of amides is 1. The van der Waals surface area contributed by atoms with Crippen molar-refractivity contribution in [2.75, 3.05) is 13.2 Å². The smallest absolute Gasteiger partial charge is 0.246 e. The van der Waals surface area contributed by atoms with Gasteiger partial charge >= 0.3 is 0 Å². The summed E-state index contributed by atoms with van der Waals surface area (Å²) in [6, 6.07) is 11.1. The van der Waals surface area contributed by atoms with Crippen molar-refractivity contribution < 1.29 is 9.53 Å². The van der Waals surface area contributed by atoms with Crippen LogP contribution in [0, 0.1) is 0 Å². The maximum atomic E-state index is 11.2. The zero-order valence-corrected chi connectivity index (χ0v) is 11.7. The maximum absolute atomic E-state index is 11.2. The Morgan fingerprint density at radius 3 is 2.65 bits per heavy atom. The van der Waals surface area contributed by atoms with Crippen molar-refractivity contribution in [3.05, 3.63) is 35.9 Å². The quantitative estimate of drug-likeness (QED) is 0.880. The third kappa shape index (κ3) is 3.19. The summed E-state index contributed by atoms with van der Waals surface area (Å²) >= 11 is 0. The van der Waals surface area contributed by atoms with Crippen molar-refractivity contribution in [3.8, 4) is 0 Å². The van der Waals surface area contributed by atoms with E-state index >= 15 is 0 Å². The molecule has 2 N–H and O–H groups in total. The minimum absolute atomic E-state index is 0.0138. The standard InChI is InChI=1S/C16H22N2O2/c19-15-11-20-16(12-18-15)8-6-14(7-9-16)17-10-13-4-2-1-3-5-13/h1-5,14,17H,6-12H2,(H,18,19). The Balaban J connectivity index is 1.45. The molecule has 0 radical (unpaired) electrons. The van der Waals surface area contributed by atoms with E-state index in [0.29, 0.717) is 12.6 Å². The van der Waals surface area contributed by atoms with Crippen LogP contribution in [0.4, 0.5) is 0 Å². The molecule has 1 aromatic rings. The molecule has 0 aromatic heterocycles. The summed E-state index contributed by atoms with van der Waals surface area (Å²) in [7, 11) is 0. The Hall–Kier alpha value is -1.39. The Bertz CT molecular complexity index is 441. The number of nitrogens with one attached hydrogen (secondary N) is 2. The van der Waals surface area contributed by atoms with E-state index in [4.69, 9.17) is 4.74 Å². The third-order valence-electron chi connectivity index (χ3n) is 4.45.